The molecule has 0 saturated carbocycles. The van der Waals surface area contributed by atoms with Gasteiger partial charge in [0.1, 0.15) is 5.82 Å². The third kappa shape index (κ3) is 5.21. The van der Waals surface area contributed by atoms with Crippen LogP contribution in [-0.2, 0) is 4.79 Å². The van der Waals surface area contributed by atoms with Crippen LogP contribution in [0.2, 0.25) is 5.02 Å². The van der Waals surface area contributed by atoms with Crippen LogP contribution in [0, 0.1) is 5.92 Å². The minimum Gasteiger partial charge on any atom is -0.372 e. The van der Waals surface area contributed by atoms with Gasteiger partial charge in [0, 0.05) is 49.7 Å². The van der Waals surface area contributed by atoms with Crippen LogP contribution in [0.25, 0.3) is 0 Å². The second kappa shape index (κ2) is 9.49. The zero-order valence-corrected chi connectivity index (χ0v) is 17.6. The van der Waals surface area contributed by atoms with E-state index in [0.29, 0.717) is 5.02 Å². The average Bonchev–Trinajstić information content (AvgIpc) is 3.05. The number of carbonyl (C=O) groups excluding carboxylic acids is 1. The van der Waals surface area contributed by atoms with E-state index >= 15 is 0 Å². The van der Waals surface area contributed by atoms with E-state index in [1.165, 1.54) is 31.4 Å². The largest absolute Gasteiger partial charge is 0.372 e. The first-order valence-corrected chi connectivity index (χ1v) is 11.1. The molecule has 0 unspecified atom stereocenters. The molecule has 4 rings (SSSR count). The third-order valence-corrected chi connectivity index (χ3v) is 6.23. The minimum absolute atomic E-state index is 0.0452. The van der Waals surface area contributed by atoms with E-state index in [-0.39, 0.29) is 11.8 Å². The van der Waals surface area contributed by atoms with Gasteiger partial charge < -0.3 is 15.1 Å². The summed E-state index contributed by atoms with van der Waals surface area (Å²) in [5.74, 6) is 1.09. The van der Waals surface area contributed by atoms with Crippen molar-refractivity contribution in [3.05, 3.63) is 47.6 Å². The van der Waals surface area contributed by atoms with Crippen LogP contribution in [0.5, 0.6) is 0 Å². The molecule has 0 bridgehead atoms. The maximum atomic E-state index is 12.7. The van der Waals surface area contributed by atoms with Crippen molar-refractivity contribution in [3.8, 4) is 0 Å². The molecule has 2 fully saturated rings. The quantitative estimate of drug-likeness (QED) is 0.770. The summed E-state index contributed by atoms with van der Waals surface area (Å²) in [6, 6.07) is 12.1. The van der Waals surface area contributed by atoms with E-state index in [1.807, 2.05) is 24.3 Å². The molecule has 3 heterocycles. The summed E-state index contributed by atoms with van der Waals surface area (Å²) in [6.45, 7) is 3.93. The SMILES string of the molecule is O=C(Nc1ccc(N2CCCCCC2)cc1)C1CCN(c2ccc(Cl)cn2)CC1. The van der Waals surface area contributed by atoms with E-state index in [2.05, 4.69) is 32.2 Å². The number of amides is 1. The van der Waals surface area contributed by atoms with Gasteiger partial charge in [0.05, 0.1) is 5.02 Å². The second-order valence-corrected chi connectivity index (χ2v) is 8.47. The predicted molar refractivity (Wildman–Crippen MR) is 120 cm³/mol. The van der Waals surface area contributed by atoms with E-state index in [1.54, 1.807) is 6.20 Å². The standard InChI is InChI=1S/C23H29ClN4O/c24-19-5-10-22(25-17-19)28-15-11-18(12-16-28)23(29)26-20-6-8-21(9-7-20)27-13-3-1-2-4-14-27/h5-10,17-18H,1-4,11-16H2,(H,26,29). The third-order valence-electron chi connectivity index (χ3n) is 6.01. The molecule has 0 radical (unpaired) electrons. The number of nitrogens with one attached hydrogen (secondary N) is 1. The zero-order chi connectivity index (χ0) is 20.1. The van der Waals surface area contributed by atoms with Gasteiger partial charge in [0.25, 0.3) is 0 Å². The Kier molecular flexibility index (Phi) is 6.55. The van der Waals surface area contributed by atoms with Gasteiger partial charge in [-0.05, 0) is 62.1 Å². The summed E-state index contributed by atoms with van der Waals surface area (Å²) in [6.07, 6.45) is 8.54. The van der Waals surface area contributed by atoms with Crippen molar-refractivity contribution in [3.63, 3.8) is 0 Å². The van der Waals surface area contributed by atoms with Gasteiger partial charge in [-0.2, -0.15) is 0 Å². The normalized spacial score (nSPS) is 18.4. The molecular weight excluding hydrogens is 384 g/mol. The van der Waals surface area contributed by atoms with Crippen LogP contribution in [0.4, 0.5) is 17.2 Å². The Hall–Kier alpha value is -2.27. The van der Waals surface area contributed by atoms with E-state index in [9.17, 15) is 4.79 Å². The summed E-state index contributed by atoms with van der Waals surface area (Å²) in [5.41, 5.74) is 2.14. The smallest absolute Gasteiger partial charge is 0.227 e. The number of nitrogens with zero attached hydrogens (tertiary/aromatic N) is 3. The first-order valence-electron chi connectivity index (χ1n) is 10.7. The molecule has 2 aliphatic rings. The number of pyridine rings is 1. The number of anilines is 3. The monoisotopic (exact) mass is 412 g/mol. The molecule has 0 aliphatic carbocycles. The topological polar surface area (TPSA) is 48.5 Å². The van der Waals surface area contributed by atoms with Crippen molar-refractivity contribution in [2.75, 3.05) is 41.3 Å². The lowest BCUT2D eigenvalue weighted by Crippen LogP contribution is -2.38. The van der Waals surface area contributed by atoms with Crippen molar-refractivity contribution >= 4 is 34.7 Å². The number of hydrogen-bond acceptors (Lipinski definition) is 4. The number of benzene rings is 1. The van der Waals surface area contributed by atoms with Crippen molar-refractivity contribution < 1.29 is 4.79 Å². The number of hydrogen-bond donors (Lipinski definition) is 1. The lowest BCUT2D eigenvalue weighted by molar-refractivity contribution is -0.120. The van der Waals surface area contributed by atoms with Gasteiger partial charge in [-0.3, -0.25) is 4.79 Å². The number of rotatable bonds is 4. The number of aromatic nitrogens is 1. The highest BCUT2D eigenvalue weighted by Crippen LogP contribution is 2.25. The summed E-state index contributed by atoms with van der Waals surface area (Å²) in [4.78, 5) is 21.8. The van der Waals surface area contributed by atoms with Gasteiger partial charge >= 0.3 is 0 Å². The van der Waals surface area contributed by atoms with Gasteiger partial charge in [-0.1, -0.05) is 24.4 Å². The Bertz CT molecular complexity index is 793. The molecule has 2 saturated heterocycles. The zero-order valence-electron chi connectivity index (χ0n) is 16.8. The molecule has 1 amide bonds. The van der Waals surface area contributed by atoms with Crippen molar-refractivity contribution in [1.82, 2.24) is 4.98 Å². The van der Waals surface area contributed by atoms with Crippen molar-refractivity contribution in [2.24, 2.45) is 5.92 Å². The van der Waals surface area contributed by atoms with E-state index < -0.39 is 0 Å². The minimum atomic E-state index is 0.0452. The molecule has 2 aliphatic heterocycles. The molecule has 154 valence electrons. The molecule has 0 spiro atoms. The maximum absolute atomic E-state index is 12.7. The molecule has 1 aromatic heterocycles. The Morgan fingerprint density at radius 3 is 2.21 bits per heavy atom. The molecule has 2 aromatic rings. The first kappa shape index (κ1) is 20.0. The van der Waals surface area contributed by atoms with Gasteiger partial charge in [0.2, 0.25) is 5.91 Å². The fraction of sp³-hybridized carbons (Fsp3) is 0.478. The first-order chi connectivity index (χ1) is 14.2. The number of halogens is 1. The van der Waals surface area contributed by atoms with Crippen LogP contribution in [-0.4, -0.2) is 37.1 Å². The molecule has 1 aromatic carbocycles. The summed E-state index contributed by atoms with van der Waals surface area (Å²) < 4.78 is 0. The lowest BCUT2D eigenvalue weighted by Gasteiger charge is -2.32. The fourth-order valence-corrected chi connectivity index (χ4v) is 4.37. The van der Waals surface area contributed by atoms with Crippen LogP contribution in [0.1, 0.15) is 38.5 Å². The fourth-order valence-electron chi connectivity index (χ4n) is 4.25. The summed E-state index contributed by atoms with van der Waals surface area (Å²) in [5, 5.41) is 3.75. The average molecular weight is 413 g/mol. The van der Waals surface area contributed by atoms with Gasteiger partial charge in [-0.25, -0.2) is 4.98 Å². The second-order valence-electron chi connectivity index (χ2n) is 8.03. The number of carbonyl (C=O) groups is 1. The Morgan fingerprint density at radius 2 is 1.59 bits per heavy atom. The van der Waals surface area contributed by atoms with Crippen molar-refractivity contribution in [2.45, 2.75) is 38.5 Å². The Balaban J connectivity index is 1.29. The highest BCUT2D eigenvalue weighted by molar-refractivity contribution is 6.30. The van der Waals surface area contributed by atoms with Crippen LogP contribution >= 0.6 is 11.6 Å². The summed E-state index contributed by atoms with van der Waals surface area (Å²) >= 11 is 5.92. The Labute approximate surface area is 178 Å². The van der Waals surface area contributed by atoms with E-state index in [0.717, 1.165) is 50.5 Å². The highest BCUT2D eigenvalue weighted by Gasteiger charge is 2.25. The molecule has 6 heteroatoms. The van der Waals surface area contributed by atoms with Crippen LogP contribution in [0.3, 0.4) is 0 Å². The number of piperidine rings is 1. The van der Waals surface area contributed by atoms with Gasteiger partial charge in [-0.15, -0.1) is 0 Å². The van der Waals surface area contributed by atoms with Crippen molar-refractivity contribution in [1.29, 1.82) is 0 Å². The molecular formula is C23H29ClN4O. The molecule has 0 atom stereocenters. The molecule has 29 heavy (non-hydrogen) atoms. The maximum Gasteiger partial charge on any atom is 0.227 e. The van der Waals surface area contributed by atoms with Gasteiger partial charge in [0.15, 0.2) is 0 Å². The highest BCUT2D eigenvalue weighted by atomic mass is 35.5. The van der Waals surface area contributed by atoms with Crippen LogP contribution in [0.15, 0.2) is 42.6 Å². The molecule has 5 nitrogen and oxygen atoms in total. The van der Waals surface area contributed by atoms with Crippen LogP contribution < -0.4 is 15.1 Å². The lowest BCUT2D eigenvalue weighted by atomic mass is 9.95. The predicted octanol–water partition coefficient (Wildman–Crippen LogP) is 4.97. The van der Waals surface area contributed by atoms with E-state index in [4.69, 9.17) is 11.6 Å². The Morgan fingerprint density at radius 1 is 0.897 bits per heavy atom. The summed E-state index contributed by atoms with van der Waals surface area (Å²) in [7, 11) is 0. The molecule has 1 N–H and O–H groups in total.